The van der Waals surface area contributed by atoms with Gasteiger partial charge < -0.3 is 15.3 Å². The summed E-state index contributed by atoms with van der Waals surface area (Å²) in [7, 11) is 0. The van der Waals surface area contributed by atoms with Gasteiger partial charge in [-0.05, 0) is 71.2 Å². The molecule has 0 saturated carbocycles. The van der Waals surface area contributed by atoms with Crippen molar-refractivity contribution in [1.82, 2.24) is 0 Å². The lowest BCUT2D eigenvalue weighted by Crippen LogP contribution is -2.37. The number of rotatable bonds is 4. The number of anilines is 3. The molecule has 1 aliphatic rings. The zero-order valence-electron chi connectivity index (χ0n) is 15.2. The van der Waals surface area contributed by atoms with Gasteiger partial charge in [-0.25, -0.2) is 8.78 Å². The van der Waals surface area contributed by atoms with Gasteiger partial charge in [-0.1, -0.05) is 13.8 Å². The molecule has 2 aromatic rings. The van der Waals surface area contributed by atoms with Crippen LogP contribution in [0.5, 0.6) is 5.75 Å². The number of piperidine rings is 1. The molecule has 0 unspecified atom stereocenters. The molecule has 27 heavy (non-hydrogen) atoms. The van der Waals surface area contributed by atoms with Crippen molar-refractivity contribution in [3.8, 4) is 5.75 Å². The maximum atomic E-state index is 14.4. The second kappa shape index (κ2) is 7.61. The van der Waals surface area contributed by atoms with E-state index < -0.39 is 17.4 Å². The molecule has 0 spiro atoms. The quantitative estimate of drug-likeness (QED) is 0.379. The highest BCUT2D eigenvalue weighted by Crippen LogP contribution is 2.35. The van der Waals surface area contributed by atoms with Crippen LogP contribution in [0.3, 0.4) is 0 Å². The Hall–Kier alpha value is -1.90. The Morgan fingerprint density at radius 2 is 1.78 bits per heavy atom. The smallest absolute Gasteiger partial charge is 0.191 e. The number of benzene rings is 2. The summed E-state index contributed by atoms with van der Waals surface area (Å²) in [5, 5.41) is 20.2. The van der Waals surface area contributed by atoms with E-state index in [4.69, 9.17) is 5.41 Å². The van der Waals surface area contributed by atoms with Gasteiger partial charge in [-0.3, -0.25) is 5.41 Å². The highest BCUT2D eigenvalue weighted by Gasteiger charge is 2.25. The van der Waals surface area contributed by atoms with Crippen LogP contribution in [-0.4, -0.2) is 21.9 Å². The van der Waals surface area contributed by atoms with Gasteiger partial charge >= 0.3 is 0 Å². The van der Waals surface area contributed by atoms with Crippen molar-refractivity contribution in [2.75, 3.05) is 23.3 Å². The molecule has 1 saturated heterocycles. The lowest BCUT2D eigenvalue weighted by Gasteiger charge is -2.38. The van der Waals surface area contributed by atoms with E-state index in [1.54, 1.807) is 22.6 Å². The molecule has 0 aromatic heterocycles. The van der Waals surface area contributed by atoms with E-state index in [1.165, 1.54) is 0 Å². The van der Waals surface area contributed by atoms with Crippen LogP contribution in [-0.2, 0) is 0 Å². The number of hydrogen-bond acceptors (Lipinski definition) is 4. The third-order valence-corrected chi connectivity index (χ3v) is 5.63. The number of phenolic OH excluding ortho intramolecular Hbond substituents is 1. The minimum atomic E-state index is -1.10. The topological polar surface area (TPSA) is 59.4 Å². The summed E-state index contributed by atoms with van der Waals surface area (Å²) in [5.41, 5.74) is 2.02. The van der Waals surface area contributed by atoms with Crippen molar-refractivity contribution in [3.63, 3.8) is 0 Å². The number of nitrogens with one attached hydrogen (secondary N) is 2. The Labute approximate surface area is 171 Å². The Morgan fingerprint density at radius 3 is 2.33 bits per heavy atom. The summed E-state index contributed by atoms with van der Waals surface area (Å²) in [4.78, 5) is 2.32. The fourth-order valence-corrected chi connectivity index (χ4v) is 3.60. The van der Waals surface area contributed by atoms with E-state index in [2.05, 4.69) is 24.1 Å². The molecule has 1 heterocycles. The minimum absolute atomic E-state index is 0.0274. The van der Waals surface area contributed by atoms with Crippen LogP contribution in [0.15, 0.2) is 30.3 Å². The summed E-state index contributed by atoms with van der Waals surface area (Å²) >= 11 is 1.68. The predicted molar refractivity (Wildman–Crippen MR) is 114 cm³/mol. The van der Waals surface area contributed by atoms with E-state index in [9.17, 15) is 13.9 Å². The van der Waals surface area contributed by atoms with Crippen molar-refractivity contribution in [3.05, 3.63) is 47.5 Å². The number of aromatic hydroxyl groups is 1. The SMILES string of the molecule is CC1(C)CCN(c2ccc(Nc3c(C(=N)I)cc(F)c(O)c3F)cc2)CC1. The maximum absolute atomic E-state index is 14.4. The molecular formula is C20H22F2IN3O. The van der Waals surface area contributed by atoms with E-state index in [0.29, 0.717) is 11.1 Å². The van der Waals surface area contributed by atoms with Crippen LogP contribution in [0.25, 0.3) is 0 Å². The molecule has 0 atom stereocenters. The number of halogens is 3. The largest absolute Gasteiger partial charge is 0.503 e. The molecule has 3 rings (SSSR count). The van der Waals surface area contributed by atoms with Crippen molar-refractivity contribution < 1.29 is 13.9 Å². The van der Waals surface area contributed by atoms with Crippen molar-refractivity contribution >= 4 is 43.4 Å². The molecule has 7 heteroatoms. The molecule has 4 nitrogen and oxygen atoms in total. The average Bonchev–Trinajstić information content (AvgIpc) is 2.62. The van der Waals surface area contributed by atoms with Gasteiger partial charge in [-0.15, -0.1) is 0 Å². The molecule has 0 bridgehead atoms. The first-order valence-electron chi connectivity index (χ1n) is 8.75. The Morgan fingerprint density at radius 1 is 1.19 bits per heavy atom. The van der Waals surface area contributed by atoms with Crippen molar-refractivity contribution in [2.45, 2.75) is 26.7 Å². The van der Waals surface area contributed by atoms with Gasteiger partial charge in [0.05, 0.1) is 5.69 Å². The molecule has 3 N–H and O–H groups in total. The third-order valence-electron chi connectivity index (χ3n) is 5.05. The van der Waals surface area contributed by atoms with Gasteiger partial charge in [-0.2, -0.15) is 0 Å². The summed E-state index contributed by atoms with van der Waals surface area (Å²) in [6.45, 7) is 6.56. The molecule has 0 radical (unpaired) electrons. The summed E-state index contributed by atoms with van der Waals surface area (Å²) in [6.07, 6.45) is 2.27. The molecule has 144 valence electrons. The van der Waals surface area contributed by atoms with Gasteiger partial charge in [0.15, 0.2) is 17.4 Å². The van der Waals surface area contributed by atoms with Gasteiger partial charge in [0, 0.05) is 30.0 Å². The van der Waals surface area contributed by atoms with Crippen LogP contribution in [0.1, 0.15) is 32.3 Å². The van der Waals surface area contributed by atoms with E-state index in [-0.39, 0.29) is 15.0 Å². The zero-order valence-corrected chi connectivity index (χ0v) is 17.4. The first-order valence-corrected chi connectivity index (χ1v) is 9.83. The molecule has 0 aliphatic carbocycles. The van der Waals surface area contributed by atoms with Crippen LogP contribution >= 0.6 is 22.6 Å². The standard InChI is InChI=1S/C20H22F2IN3O/c1-20(2)7-9-26(10-8-20)13-5-3-12(4-6-13)25-17-14(19(23)24)11-15(21)18(27)16(17)22/h3-6,11,24-25,27H,7-10H2,1-2H3. The molecular weight excluding hydrogens is 463 g/mol. The van der Waals surface area contributed by atoms with E-state index in [1.807, 2.05) is 24.3 Å². The van der Waals surface area contributed by atoms with Gasteiger partial charge in [0.2, 0.25) is 0 Å². The van der Waals surface area contributed by atoms with Crippen LogP contribution in [0.2, 0.25) is 0 Å². The Kier molecular flexibility index (Phi) is 5.60. The molecule has 1 aliphatic heterocycles. The minimum Gasteiger partial charge on any atom is -0.503 e. The summed E-state index contributed by atoms with van der Waals surface area (Å²) in [6, 6.07) is 8.50. The highest BCUT2D eigenvalue weighted by atomic mass is 127. The number of nitrogens with zero attached hydrogens (tertiary/aromatic N) is 1. The lowest BCUT2D eigenvalue weighted by atomic mass is 9.82. The lowest BCUT2D eigenvalue weighted by molar-refractivity contribution is 0.280. The van der Waals surface area contributed by atoms with E-state index >= 15 is 0 Å². The van der Waals surface area contributed by atoms with Crippen molar-refractivity contribution in [2.24, 2.45) is 5.41 Å². The second-order valence-electron chi connectivity index (χ2n) is 7.58. The normalized spacial score (nSPS) is 16.3. The Bertz CT molecular complexity index is 859. The summed E-state index contributed by atoms with van der Waals surface area (Å²) in [5.74, 6) is -3.24. The molecule has 0 amide bonds. The summed E-state index contributed by atoms with van der Waals surface area (Å²) < 4.78 is 27.9. The number of hydrogen-bond donors (Lipinski definition) is 3. The third kappa shape index (κ3) is 4.34. The second-order valence-corrected chi connectivity index (χ2v) is 8.66. The molecule has 2 aromatic carbocycles. The van der Waals surface area contributed by atoms with E-state index in [0.717, 1.165) is 37.7 Å². The maximum Gasteiger partial charge on any atom is 0.191 e. The van der Waals surface area contributed by atoms with Crippen LogP contribution < -0.4 is 10.2 Å². The highest BCUT2D eigenvalue weighted by molar-refractivity contribution is 14.1. The zero-order chi connectivity index (χ0) is 19.8. The monoisotopic (exact) mass is 485 g/mol. The van der Waals surface area contributed by atoms with Crippen molar-refractivity contribution in [1.29, 1.82) is 5.41 Å². The average molecular weight is 485 g/mol. The van der Waals surface area contributed by atoms with Gasteiger partial charge in [0.1, 0.15) is 3.72 Å². The Balaban J connectivity index is 1.82. The number of phenols is 1. The predicted octanol–water partition coefficient (Wildman–Crippen LogP) is 5.80. The van der Waals surface area contributed by atoms with Crippen LogP contribution in [0, 0.1) is 22.5 Å². The fourth-order valence-electron chi connectivity index (χ4n) is 3.17. The van der Waals surface area contributed by atoms with Crippen LogP contribution in [0.4, 0.5) is 25.8 Å². The first-order chi connectivity index (χ1) is 12.7. The fraction of sp³-hybridized carbons (Fsp3) is 0.350. The molecule has 1 fully saturated rings. The first kappa shape index (κ1) is 19.9. The van der Waals surface area contributed by atoms with Gasteiger partial charge in [0.25, 0.3) is 0 Å².